The second-order valence-electron chi connectivity index (χ2n) is 4.66. The van der Waals surface area contributed by atoms with E-state index in [0.29, 0.717) is 0 Å². The molecule has 0 unspecified atom stereocenters. The van der Waals surface area contributed by atoms with Crippen LogP contribution in [-0.4, -0.2) is 57.9 Å². The van der Waals surface area contributed by atoms with E-state index in [2.05, 4.69) is 0 Å². The van der Waals surface area contributed by atoms with Gasteiger partial charge in [0.05, 0.1) is 26.4 Å². The van der Waals surface area contributed by atoms with E-state index < -0.39 is 24.6 Å². The zero-order valence-corrected chi connectivity index (χ0v) is 9.97. The van der Waals surface area contributed by atoms with Gasteiger partial charge in [-0.25, -0.2) is 0 Å². The average Bonchev–Trinajstić information content (AvgIpc) is 2.28. The number of aliphatic hydroxyl groups excluding tert-OH is 4. The number of carbonyl (C=O) groups is 1. The lowest BCUT2D eigenvalue weighted by atomic mass is 9.94. The Morgan fingerprint density at radius 3 is 1.19 bits per heavy atom. The summed E-state index contributed by atoms with van der Waals surface area (Å²) in [6, 6.07) is 0. The van der Waals surface area contributed by atoms with Crippen molar-refractivity contribution in [2.75, 3.05) is 26.4 Å². The van der Waals surface area contributed by atoms with Crippen LogP contribution in [-0.2, 0) is 4.79 Å². The van der Waals surface area contributed by atoms with Gasteiger partial charge in [-0.05, 0) is 6.92 Å². The Balaban J connectivity index is 0. The first-order valence-electron chi connectivity index (χ1n) is 4.86. The molecule has 0 aromatic carbocycles. The van der Waals surface area contributed by atoms with Crippen molar-refractivity contribution in [1.29, 1.82) is 0 Å². The fourth-order valence-electron chi connectivity index (χ4n) is 0.235. The maximum absolute atomic E-state index is 10.2. The van der Waals surface area contributed by atoms with Crippen LogP contribution in [0.4, 0.5) is 0 Å². The highest BCUT2D eigenvalue weighted by Gasteiger charge is 2.31. The van der Waals surface area contributed by atoms with E-state index in [-0.39, 0.29) is 18.6 Å². The minimum atomic E-state index is -1.39. The molecule has 6 heteroatoms. The molecule has 0 heterocycles. The minimum absolute atomic E-state index is 0.0451. The highest BCUT2D eigenvalue weighted by molar-refractivity contribution is 5.74. The van der Waals surface area contributed by atoms with Gasteiger partial charge in [-0.2, -0.15) is 0 Å². The Morgan fingerprint density at radius 2 is 1.19 bits per heavy atom. The van der Waals surface area contributed by atoms with Gasteiger partial charge in [0.2, 0.25) is 0 Å². The second-order valence-corrected chi connectivity index (χ2v) is 4.66. The molecule has 98 valence electrons. The molecule has 0 aliphatic rings. The first kappa shape index (κ1) is 17.7. The third kappa shape index (κ3) is 6.73. The molecule has 0 saturated carbocycles. The monoisotopic (exact) mass is 238 g/mol. The summed E-state index contributed by atoms with van der Waals surface area (Å²) in [5.74, 6) is -1.19. The molecule has 6 nitrogen and oxygen atoms in total. The molecule has 0 atom stereocenters. The third-order valence-corrected chi connectivity index (χ3v) is 2.07. The summed E-state index contributed by atoms with van der Waals surface area (Å²) >= 11 is 0. The fourth-order valence-corrected chi connectivity index (χ4v) is 0.235. The van der Waals surface area contributed by atoms with Gasteiger partial charge in [-0.3, -0.25) is 4.79 Å². The Bertz CT molecular complexity index is 191. The summed E-state index contributed by atoms with van der Waals surface area (Å²) < 4.78 is 0. The van der Waals surface area contributed by atoms with Crippen LogP contribution in [0.15, 0.2) is 0 Å². The summed E-state index contributed by atoms with van der Waals surface area (Å²) in [5, 5.41) is 42.0. The van der Waals surface area contributed by atoms with E-state index in [1.165, 1.54) is 6.92 Å². The molecule has 0 bridgehead atoms. The predicted octanol–water partition coefficient (Wildman–Crippen LogP) is -0.941. The van der Waals surface area contributed by atoms with Gasteiger partial charge in [0, 0.05) is 5.41 Å². The molecule has 0 spiro atoms. The summed E-state index contributed by atoms with van der Waals surface area (Å²) in [4.78, 5) is 10.2. The first-order valence-corrected chi connectivity index (χ1v) is 4.86. The van der Waals surface area contributed by atoms with Crippen molar-refractivity contribution in [2.24, 2.45) is 10.8 Å². The van der Waals surface area contributed by atoms with Crippen molar-refractivity contribution in [3.05, 3.63) is 0 Å². The maximum atomic E-state index is 10.2. The molecule has 0 saturated heterocycles. The van der Waals surface area contributed by atoms with Crippen LogP contribution in [0.2, 0.25) is 0 Å². The standard InChI is InChI=1S/C5H10O4.C5H12O2/c1-5(2-6,3-7)4(8)9;1-5(2,3-6)4-7/h6-7H,2-3H2,1H3,(H,8,9);6-7H,3-4H2,1-2H3. The molecule has 0 aromatic heterocycles. The minimum Gasteiger partial charge on any atom is -0.481 e. The Morgan fingerprint density at radius 1 is 0.875 bits per heavy atom. The van der Waals surface area contributed by atoms with E-state index in [4.69, 9.17) is 25.5 Å². The normalized spacial score (nSPS) is 11.7. The van der Waals surface area contributed by atoms with Crippen molar-refractivity contribution in [3.8, 4) is 0 Å². The van der Waals surface area contributed by atoms with Crippen LogP contribution in [0.1, 0.15) is 20.8 Å². The number of aliphatic hydroxyl groups is 4. The van der Waals surface area contributed by atoms with Gasteiger partial charge in [0.15, 0.2) is 0 Å². The lowest BCUT2D eigenvalue weighted by Gasteiger charge is -2.17. The molecule has 0 aliphatic heterocycles. The van der Waals surface area contributed by atoms with Gasteiger partial charge < -0.3 is 25.5 Å². The summed E-state index contributed by atoms with van der Waals surface area (Å²) in [7, 11) is 0. The average molecular weight is 238 g/mol. The van der Waals surface area contributed by atoms with E-state index in [1.807, 2.05) is 0 Å². The van der Waals surface area contributed by atoms with E-state index >= 15 is 0 Å². The molecule has 0 fully saturated rings. The van der Waals surface area contributed by atoms with Gasteiger partial charge in [0.25, 0.3) is 0 Å². The number of hydrogen-bond donors (Lipinski definition) is 5. The van der Waals surface area contributed by atoms with Crippen molar-refractivity contribution in [3.63, 3.8) is 0 Å². The number of carboxylic acid groups (broad SMARTS) is 1. The zero-order chi connectivity index (χ0) is 13.4. The maximum Gasteiger partial charge on any atom is 0.314 e. The number of aliphatic carboxylic acids is 1. The molecule has 0 aliphatic carbocycles. The lowest BCUT2D eigenvalue weighted by Crippen LogP contribution is -2.35. The van der Waals surface area contributed by atoms with Crippen LogP contribution in [0, 0.1) is 10.8 Å². The predicted molar refractivity (Wildman–Crippen MR) is 57.9 cm³/mol. The molecule has 0 rings (SSSR count). The Kier molecular flexibility index (Phi) is 8.36. The SMILES string of the molecule is CC(C)(CO)CO.CC(CO)(CO)C(=O)O. The largest absolute Gasteiger partial charge is 0.481 e. The zero-order valence-electron chi connectivity index (χ0n) is 9.97. The first-order chi connectivity index (χ1) is 7.19. The molecule has 0 radical (unpaired) electrons. The Labute approximate surface area is 95.2 Å². The molecule has 0 amide bonds. The van der Waals surface area contributed by atoms with Crippen LogP contribution in [0.25, 0.3) is 0 Å². The topological polar surface area (TPSA) is 118 Å². The van der Waals surface area contributed by atoms with Crippen LogP contribution in [0.3, 0.4) is 0 Å². The molecular formula is C10H22O6. The van der Waals surface area contributed by atoms with Crippen molar-refractivity contribution >= 4 is 5.97 Å². The van der Waals surface area contributed by atoms with E-state index in [1.54, 1.807) is 13.8 Å². The van der Waals surface area contributed by atoms with Crippen LogP contribution in [0.5, 0.6) is 0 Å². The molecule has 0 aromatic rings. The van der Waals surface area contributed by atoms with Crippen molar-refractivity contribution < 1.29 is 30.3 Å². The molecular weight excluding hydrogens is 216 g/mol. The fraction of sp³-hybridized carbons (Fsp3) is 0.900. The smallest absolute Gasteiger partial charge is 0.314 e. The van der Waals surface area contributed by atoms with Gasteiger partial charge in [0.1, 0.15) is 5.41 Å². The van der Waals surface area contributed by atoms with E-state index in [0.717, 1.165) is 0 Å². The van der Waals surface area contributed by atoms with Crippen molar-refractivity contribution in [1.82, 2.24) is 0 Å². The van der Waals surface area contributed by atoms with Gasteiger partial charge >= 0.3 is 5.97 Å². The summed E-state index contributed by atoms with van der Waals surface area (Å²) in [6.45, 7) is 3.87. The number of hydrogen-bond acceptors (Lipinski definition) is 5. The van der Waals surface area contributed by atoms with Crippen LogP contribution < -0.4 is 0 Å². The summed E-state index contributed by atoms with van der Waals surface area (Å²) in [6.07, 6.45) is 0. The van der Waals surface area contributed by atoms with E-state index in [9.17, 15) is 4.79 Å². The lowest BCUT2D eigenvalue weighted by molar-refractivity contribution is -0.152. The van der Waals surface area contributed by atoms with Gasteiger partial charge in [-0.15, -0.1) is 0 Å². The Hall–Kier alpha value is -0.690. The van der Waals surface area contributed by atoms with Crippen molar-refractivity contribution in [2.45, 2.75) is 20.8 Å². The molecule has 16 heavy (non-hydrogen) atoms. The highest BCUT2D eigenvalue weighted by atomic mass is 16.4. The summed E-state index contributed by atoms with van der Waals surface area (Å²) in [5.41, 5.74) is -1.69. The second kappa shape index (κ2) is 7.56. The highest BCUT2D eigenvalue weighted by Crippen LogP contribution is 2.13. The number of rotatable bonds is 5. The molecule has 5 N–H and O–H groups in total. The quantitative estimate of drug-likeness (QED) is 0.422. The van der Waals surface area contributed by atoms with Crippen LogP contribution >= 0.6 is 0 Å². The van der Waals surface area contributed by atoms with Gasteiger partial charge in [-0.1, -0.05) is 13.8 Å². The number of carboxylic acids is 1. The third-order valence-electron chi connectivity index (χ3n) is 2.07.